The van der Waals surface area contributed by atoms with Crippen LogP contribution < -0.4 is 10.2 Å². The zero-order chi connectivity index (χ0) is 12.6. The number of aromatic nitrogens is 1. The summed E-state index contributed by atoms with van der Waals surface area (Å²) in [6, 6.07) is 4.33. The molecule has 3 nitrogen and oxygen atoms in total. The first-order valence-corrected chi connectivity index (χ1v) is 7.35. The molecule has 0 unspecified atom stereocenters. The summed E-state index contributed by atoms with van der Waals surface area (Å²) in [6.45, 7) is 5.56. The lowest BCUT2D eigenvalue weighted by molar-refractivity contribution is 0.556. The number of nitrogens with one attached hydrogen (secondary N) is 1. The van der Waals surface area contributed by atoms with Crippen molar-refractivity contribution in [3.63, 3.8) is 0 Å². The maximum absolute atomic E-state index is 4.38. The van der Waals surface area contributed by atoms with Crippen LogP contribution in [0.4, 0.5) is 11.5 Å². The summed E-state index contributed by atoms with van der Waals surface area (Å²) in [5.41, 5.74) is 1.32. The Labute approximate surface area is 111 Å². The van der Waals surface area contributed by atoms with Crippen molar-refractivity contribution in [1.82, 2.24) is 4.98 Å². The van der Waals surface area contributed by atoms with Gasteiger partial charge < -0.3 is 10.2 Å². The van der Waals surface area contributed by atoms with Crippen LogP contribution in [0.1, 0.15) is 45.4 Å². The molecule has 0 saturated carbocycles. The minimum Gasteiger partial charge on any atom is -0.371 e. The predicted octanol–water partition coefficient (Wildman–Crippen LogP) is 3.67. The van der Waals surface area contributed by atoms with E-state index in [4.69, 9.17) is 0 Å². The van der Waals surface area contributed by atoms with Gasteiger partial charge in [-0.1, -0.05) is 26.2 Å². The molecular weight excluding hydrogens is 222 g/mol. The molecule has 0 radical (unpaired) electrons. The van der Waals surface area contributed by atoms with Crippen LogP contribution in [0.2, 0.25) is 0 Å². The van der Waals surface area contributed by atoms with Crippen molar-refractivity contribution in [2.75, 3.05) is 29.9 Å². The summed E-state index contributed by atoms with van der Waals surface area (Å²) in [5.74, 6) is 1.01. The van der Waals surface area contributed by atoms with Crippen LogP contribution in [-0.4, -0.2) is 24.6 Å². The highest BCUT2D eigenvalue weighted by Gasteiger charge is 2.09. The van der Waals surface area contributed by atoms with E-state index >= 15 is 0 Å². The molecule has 1 aliphatic rings. The van der Waals surface area contributed by atoms with Crippen LogP contribution >= 0.6 is 0 Å². The van der Waals surface area contributed by atoms with Crippen molar-refractivity contribution in [2.24, 2.45) is 0 Å². The smallest absolute Gasteiger partial charge is 0.127 e. The molecule has 1 aromatic rings. The fourth-order valence-corrected chi connectivity index (χ4v) is 2.47. The molecule has 18 heavy (non-hydrogen) atoms. The van der Waals surface area contributed by atoms with Gasteiger partial charge in [0.2, 0.25) is 0 Å². The summed E-state index contributed by atoms with van der Waals surface area (Å²) >= 11 is 0. The van der Waals surface area contributed by atoms with E-state index in [0.717, 1.165) is 18.8 Å². The van der Waals surface area contributed by atoms with Gasteiger partial charge in [-0.3, -0.25) is 0 Å². The Hall–Kier alpha value is -1.25. The maximum Gasteiger partial charge on any atom is 0.127 e. The Morgan fingerprint density at radius 3 is 2.61 bits per heavy atom. The third-order valence-corrected chi connectivity index (χ3v) is 3.52. The molecule has 2 rings (SSSR count). The molecule has 1 N–H and O–H groups in total. The highest BCUT2D eigenvalue weighted by atomic mass is 15.1. The number of pyridine rings is 1. The molecule has 0 atom stereocenters. The lowest BCUT2D eigenvalue weighted by atomic mass is 10.1. The molecule has 3 heteroatoms. The number of rotatable bonds is 4. The Balaban J connectivity index is 2.01. The molecule has 1 aromatic heterocycles. The van der Waals surface area contributed by atoms with Gasteiger partial charge in [-0.2, -0.15) is 0 Å². The molecule has 0 spiro atoms. The molecular formula is C15H25N3. The van der Waals surface area contributed by atoms with Gasteiger partial charge in [0.1, 0.15) is 5.82 Å². The summed E-state index contributed by atoms with van der Waals surface area (Å²) in [7, 11) is 0. The van der Waals surface area contributed by atoms with Crippen molar-refractivity contribution >= 4 is 11.5 Å². The van der Waals surface area contributed by atoms with E-state index < -0.39 is 0 Å². The average Bonchev–Trinajstić information content (AvgIpc) is 2.36. The van der Waals surface area contributed by atoms with Crippen molar-refractivity contribution in [3.8, 4) is 0 Å². The van der Waals surface area contributed by atoms with Crippen molar-refractivity contribution in [2.45, 2.75) is 45.4 Å². The predicted molar refractivity (Wildman–Crippen MR) is 78.3 cm³/mol. The zero-order valence-corrected chi connectivity index (χ0v) is 11.5. The van der Waals surface area contributed by atoms with E-state index in [0.29, 0.717) is 0 Å². The SMILES string of the molecule is CCCNc1cc(N2CCCCCCC2)ccn1. The van der Waals surface area contributed by atoms with Crippen LogP contribution in [0.5, 0.6) is 0 Å². The lowest BCUT2D eigenvalue weighted by Crippen LogP contribution is -2.27. The van der Waals surface area contributed by atoms with Crippen LogP contribution in [-0.2, 0) is 0 Å². The minimum atomic E-state index is 0.996. The summed E-state index contributed by atoms with van der Waals surface area (Å²) < 4.78 is 0. The van der Waals surface area contributed by atoms with E-state index in [1.165, 1.54) is 50.9 Å². The first-order chi connectivity index (χ1) is 8.90. The minimum absolute atomic E-state index is 0.996. The first-order valence-electron chi connectivity index (χ1n) is 7.35. The van der Waals surface area contributed by atoms with Crippen molar-refractivity contribution in [3.05, 3.63) is 18.3 Å². The fraction of sp³-hybridized carbons (Fsp3) is 0.667. The highest BCUT2D eigenvalue weighted by Crippen LogP contribution is 2.21. The second-order valence-corrected chi connectivity index (χ2v) is 5.08. The molecule has 0 aliphatic carbocycles. The van der Waals surface area contributed by atoms with Gasteiger partial charge in [-0.25, -0.2) is 4.98 Å². The normalized spacial score (nSPS) is 17.1. The zero-order valence-electron chi connectivity index (χ0n) is 11.5. The number of hydrogen-bond donors (Lipinski definition) is 1. The molecule has 100 valence electrons. The first kappa shape index (κ1) is 13.2. The molecule has 2 heterocycles. The molecule has 1 aliphatic heterocycles. The van der Waals surface area contributed by atoms with Gasteiger partial charge >= 0.3 is 0 Å². The fourth-order valence-electron chi connectivity index (χ4n) is 2.47. The lowest BCUT2D eigenvalue weighted by Gasteiger charge is -2.27. The van der Waals surface area contributed by atoms with E-state index in [2.05, 4.69) is 34.3 Å². The van der Waals surface area contributed by atoms with Gasteiger partial charge in [0.15, 0.2) is 0 Å². The molecule has 0 bridgehead atoms. The Kier molecular flexibility index (Phi) is 5.31. The topological polar surface area (TPSA) is 28.2 Å². The third kappa shape index (κ3) is 3.90. The van der Waals surface area contributed by atoms with E-state index in [9.17, 15) is 0 Å². The van der Waals surface area contributed by atoms with Crippen LogP contribution in [0.3, 0.4) is 0 Å². The third-order valence-electron chi connectivity index (χ3n) is 3.52. The van der Waals surface area contributed by atoms with E-state index in [1.807, 2.05) is 6.20 Å². The molecule has 1 saturated heterocycles. The monoisotopic (exact) mass is 247 g/mol. The quantitative estimate of drug-likeness (QED) is 0.880. The highest BCUT2D eigenvalue weighted by molar-refractivity contribution is 5.53. The Morgan fingerprint density at radius 1 is 1.17 bits per heavy atom. The molecule has 0 aromatic carbocycles. The second kappa shape index (κ2) is 7.24. The molecule has 1 fully saturated rings. The van der Waals surface area contributed by atoms with Crippen LogP contribution in [0.25, 0.3) is 0 Å². The summed E-state index contributed by atoms with van der Waals surface area (Å²) in [4.78, 5) is 6.89. The van der Waals surface area contributed by atoms with Crippen molar-refractivity contribution < 1.29 is 0 Å². The van der Waals surface area contributed by atoms with Gasteiger partial charge in [-0.05, 0) is 25.3 Å². The van der Waals surface area contributed by atoms with E-state index in [-0.39, 0.29) is 0 Å². The van der Waals surface area contributed by atoms with Crippen LogP contribution in [0, 0.1) is 0 Å². The number of nitrogens with zero attached hydrogens (tertiary/aromatic N) is 2. The molecule has 0 amide bonds. The standard InChI is InChI=1S/C15H25N3/c1-2-9-16-15-13-14(8-10-17-15)18-11-6-4-3-5-7-12-18/h8,10,13H,2-7,9,11-12H2,1H3,(H,16,17). The summed E-state index contributed by atoms with van der Waals surface area (Å²) in [5, 5.41) is 3.36. The number of anilines is 2. The van der Waals surface area contributed by atoms with Gasteiger partial charge in [0.05, 0.1) is 0 Å². The Bertz CT molecular complexity index is 343. The van der Waals surface area contributed by atoms with Gasteiger partial charge in [0, 0.05) is 37.6 Å². The Morgan fingerprint density at radius 2 is 1.89 bits per heavy atom. The van der Waals surface area contributed by atoms with Crippen molar-refractivity contribution in [1.29, 1.82) is 0 Å². The van der Waals surface area contributed by atoms with Gasteiger partial charge in [-0.15, -0.1) is 0 Å². The van der Waals surface area contributed by atoms with Gasteiger partial charge in [0.25, 0.3) is 0 Å². The number of hydrogen-bond acceptors (Lipinski definition) is 3. The maximum atomic E-state index is 4.38. The largest absolute Gasteiger partial charge is 0.371 e. The second-order valence-electron chi connectivity index (χ2n) is 5.08. The average molecular weight is 247 g/mol. The van der Waals surface area contributed by atoms with Crippen LogP contribution in [0.15, 0.2) is 18.3 Å². The summed E-state index contributed by atoms with van der Waals surface area (Å²) in [6.07, 6.45) is 9.86. The van der Waals surface area contributed by atoms with E-state index in [1.54, 1.807) is 0 Å².